The Hall–Kier alpha value is -8.14. The summed E-state index contributed by atoms with van der Waals surface area (Å²) in [7, 11) is 0. The van der Waals surface area contributed by atoms with Crippen molar-refractivity contribution in [2.75, 3.05) is 4.90 Å². The van der Waals surface area contributed by atoms with Gasteiger partial charge in [0.1, 0.15) is 11.2 Å². The average molecular weight is 819 g/mol. The topological polar surface area (TPSA) is 21.3 Å². The summed E-state index contributed by atoms with van der Waals surface area (Å²) in [5.41, 5.74) is 18.5. The molecule has 0 radical (unpaired) electrons. The lowest BCUT2D eigenvalue weighted by molar-refractivity contribution is 0.660. The lowest BCUT2D eigenvalue weighted by Crippen LogP contribution is -2.16. The van der Waals surface area contributed by atoms with Gasteiger partial charge in [0.15, 0.2) is 0 Å². The molecule has 10 aromatic carbocycles. The van der Waals surface area contributed by atoms with Crippen LogP contribution in [0.1, 0.15) is 25.0 Å². The number of fused-ring (bicyclic) bond motifs is 11. The molecule has 0 amide bonds. The quantitative estimate of drug-likeness (QED) is 0.167. The van der Waals surface area contributed by atoms with Crippen molar-refractivity contribution in [3.63, 3.8) is 0 Å². The van der Waals surface area contributed by atoms with Gasteiger partial charge in [-0.3, -0.25) is 0 Å². The highest BCUT2D eigenvalue weighted by molar-refractivity contribution is 6.19. The monoisotopic (exact) mass is 818 g/mol. The van der Waals surface area contributed by atoms with Gasteiger partial charge in [-0.1, -0.05) is 166 Å². The van der Waals surface area contributed by atoms with Gasteiger partial charge in [0.2, 0.25) is 0 Å². The third kappa shape index (κ3) is 5.41. The molecule has 0 bridgehead atoms. The summed E-state index contributed by atoms with van der Waals surface area (Å²) < 4.78 is 9.04. The molecule has 0 saturated carbocycles. The number of anilines is 3. The minimum absolute atomic E-state index is 0.136. The van der Waals surface area contributed by atoms with Crippen molar-refractivity contribution in [1.82, 2.24) is 4.57 Å². The van der Waals surface area contributed by atoms with Gasteiger partial charge in [-0.05, 0) is 111 Å². The van der Waals surface area contributed by atoms with Crippen LogP contribution in [0.2, 0.25) is 0 Å². The van der Waals surface area contributed by atoms with Crippen LogP contribution in [0.3, 0.4) is 0 Å². The Morgan fingerprint density at radius 1 is 0.438 bits per heavy atom. The van der Waals surface area contributed by atoms with Crippen molar-refractivity contribution in [2.24, 2.45) is 0 Å². The van der Waals surface area contributed by atoms with Crippen LogP contribution in [0.4, 0.5) is 17.1 Å². The molecule has 64 heavy (non-hydrogen) atoms. The van der Waals surface area contributed by atoms with Gasteiger partial charge in [-0.25, -0.2) is 0 Å². The van der Waals surface area contributed by atoms with E-state index in [9.17, 15) is 0 Å². The number of hydrogen-bond donors (Lipinski definition) is 0. The van der Waals surface area contributed by atoms with Crippen LogP contribution in [0.15, 0.2) is 223 Å². The maximum absolute atomic E-state index is 6.65. The molecule has 302 valence electrons. The maximum atomic E-state index is 6.65. The molecule has 0 N–H and O–H groups in total. The fraction of sp³-hybridized carbons (Fsp3) is 0.0492. The predicted molar refractivity (Wildman–Crippen MR) is 269 cm³/mol. The third-order valence-corrected chi connectivity index (χ3v) is 13.8. The highest BCUT2D eigenvalue weighted by Gasteiger charge is 2.37. The first kappa shape index (κ1) is 36.5. The second-order valence-corrected chi connectivity index (χ2v) is 17.7. The summed E-state index contributed by atoms with van der Waals surface area (Å²) in [5.74, 6) is 0. The second-order valence-electron chi connectivity index (χ2n) is 17.7. The van der Waals surface area contributed by atoms with Gasteiger partial charge in [0.25, 0.3) is 0 Å². The SMILES string of the molecule is CC1(C)c2ccccc2-c2c(N(c3ccc(-c4cccc(-n5c6ccccc6c6ccccc65)c4)cc3)c3cccc(-c4cccc5oc6c7ccccc7ccc6c45)c3)cccc21. The van der Waals surface area contributed by atoms with Crippen LogP contribution in [0.25, 0.3) is 93.6 Å². The molecule has 13 rings (SSSR count). The van der Waals surface area contributed by atoms with E-state index in [1.165, 1.54) is 55.0 Å². The molecule has 2 heterocycles. The zero-order valence-corrected chi connectivity index (χ0v) is 35.6. The summed E-state index contributed by atoms with van der Waals surface area (Å²) in [5, 5.41) is 7.10. The van der Waals surface area contributed by atoms with E-state index in [2.05, 4.69) is 242 Å². The Labute approximate surface area is 371 Å². The number of para-hydroxylation sites is 2. The molecule has 0 fully saturated rings. The Morgan fingerprint density at radius 2 is 1.09 bits per heavy atom. The highest BCUT2D eigenvalue weighted by Crippen LogP contribution is 2.54. The van der Waals surface area contributed by atoms with E-state index in [1.54, 1.807) is 0 Å². The van der Waals surface area contributed by atoms with Gasteiger partial charge in [0.05, 0.1) is 16.7 Å². The number of hydrogen-bond acceptors (Lipinski definition) is 2. The standard InChI is InChI=1S/C61H42N2O/c1-61(2)52-25-8-5-23-50(52)59-53(61)26-14-29-56(59)62(44-18-12-17-42(38-44)46-24-13-30-57-58(46)51-36-33-40-15-3-4-20-47(40)60(51)64-57)43-34-31-39(32-35-43)41-16-11-19-45(37-41)63-54-27-9-6-21-48(54)49-22-7-10-28-55(49)63/h3-38H,1-2H3. The Kier molecular flexibility index (Phi) is 7.95. The molecule has 0 spiro atoms. The zero-order chi connectivity index (χ0) is 42.5. The molecule has 1 aliphatic carbocycles. The van der Waals surface area contributed by atoms with E-state index in [-0.39, 0.29) is 5.41 Å². The average Bonchev–Trinajstić information content (AvgIpc) is 3.98. The molecule has 3 heteroatoms. The lowest BCUT2D eigenvalue weighted by Gasteiger charge is -2.29. The largest absolute Gasteiger partial charge is 0.455 e. The zero-order valence-electron chi connectivity index (χ0n) is 35.6. The van der Waals surface area contributed by atoms with Crippen molar-refractivity contribution in [3.05, 3.63) is 230 Å². The summed E-state index contributed by atoms with van der Waals surface area (Å²) in [6, 6.07) is 79.6. The summed E-state index contributed by atoms with van der Waals surface area (Å²) >= 11 is 0. The minimum Gasteiger partial charge on any atom is -0.455 e. The van der Waals surface area contributed by atoms with Crippen LogP contribution < -0.4 is 4.90 Å². The molecule has 3 nitrogen and oxygen atoms in total. The van der Waals surface area contributed by atoms with E-state index in [0.717, 1.165) is 66.8 Å². The van der Waals surface area contributed by atoms with Crippen LogP contribution in [0, 0.1) is 0 Å². The second kappa shape index (κ2) is 13.9. The Morgan fingerprint density at radius 3 is 1.92 bits per heavy atom. The molecule has 0 saturated heterocycles. The van der Waals surface area contributed by atoms with Crippen LogP contribution in [-0.4, -0.2) is 4.57 Å². The highest BCUT2D eigenvalue weighted by atomic mass is 16.3. The molecular formula is C61H42N2O. The Bertz CT molecular complexity index is 3770. The summed E-state index contributed by atoms with van der Waals surface area (Å²) in [6.07, 6.45) is 0. The third-order valence-electron chi connectivity index (χ3n) is 13.8. The summed E-state index contributed by atoms with van der Waals surface area (Å²) in [6.45, 7) is 4.71. The number of aromatic nitrogens is 1. The first-order valence-corrected chi connectivity index (χ1v) is 22.2. The summed E-state index contributed by atoms with van der Waals surface area (Å²) in [4.78, 5) is 2.46. The first-order chi connectivity index (χ1) is 31.5. The Balaban J connectivity index is 0.969. The smallest absolute Gasteiger partial charge is 0.143 e. The first-order valence-electron chi connectivity index (χ1n) is 22.2. The van der Waals surface area contributed by atoms with E-state index in [1.807, 2.05) is 0 Å². The number of furan rings is 1. The molecule has 1 aliphatic rings. The molecule has 0 atom stereocenters. The van der Waals surface area contributed by atoms with Crippen molar-refractivity contribution < 1.29 is 4.42 Å². The van der Waals surface area contributed by atoms with Gasteiger partial charge in [0, 0.05) is 55.0 Å². The fourth-order valence-electron chi connectivity index (χ4n) is 10.8. The maximum Gasteiger partial charge on any atom is 0.143 e. The van der Waals surface area contributed by atoms with Crippen LogP contribution in [-0.2, 0) is 5.41 Å². The van der Waals surface area contributed by atoms with Gasteiger partial charge < -0.3 is 13.9 Å². The van der Waals surface area contributed by atoms with Crippen molar-refractivity contribution in [1.29, 1.82) is 0 Å². The molecule has 12 aromatic rings. The van der Waals surface area contributed by atoms with E-state index < -0.39 is 0 Å². The molecule has 0 unspecified atom stereocenters. The predicted octanol–water partition coefficient (Wildman–Crippen LogP) is 16.9. The van der Waals surface area contributed by atoms with Gasteiger partial charge >= 0.3 is 0 Å². The van der Waals surface area contributed by atoms with Gasteiger partial charge in [-0.2, -0.15) is 0 Å². The molecule has 0 aliphatic heterocycles. The normalized spacial score (nSPS) is 13.0. The fourth-order valence-corrected chi connectivity index (χ4v) is 10.8. The van der Waals surface area contributed by atoms with Crippen LogP contribution in [0.5, 0.6) is 0 Å². The van der Waals surface area contributed by atoms with E-state index >= 15 is 0 Å². The van der Waals surface area contributed by atoms with Gasteiger partial charge in [-0.15, -0.1) is 0 Å². The van der Waals surface area contributed by atoms with Crippen molar-refractivity contribution in [3.8, 4) is 39.1 Å². The number of rotatable bonds is 6. The lowest BCUT2D eigenvalue weighted by atomic mass is 9.82. The number of benzene rings is 10. The van der Waals surface area contributed by atoms with Crippen LogP contribution >= 0.6 is 0 Å². The van der Waals surface area contributed by atoms with E-state index in [0.29, 0.717) is 0 Å². The number of nitrogens with zero attached hydrogens (tertiary/aromatic N) is 2. The van der Waals surface area contributed by atoms with Crippen molar-refractivity contribution >= 4 is 71.6 Å². The van der Waals surface area contributed by atoms with Crippen molar-refractivity contribution in [2.45, 2.75) is 19.3 Å². The minimum atomic E-state index is -0.136. The molecule has 2 aromatic heterocycles. The molecular weight excluding hydrogens is 777 g/mol. The van der Waals surface area contributed by atoms with E-state index in [4.69, 9.17) is 4.42 Å².